The van der Waals surface area contributed by atoms with Crippen LogP contribution in [0.5, 0.6) is 0 Å². The number of halogens is 4. The summed E-state index contributed by atoms with van der Waals surface area (Å²) >= 11 is 5.71. The van der Waals surface area contributed by atoms with E-state index in [4.69, 9.17) is 11.6 Å². The first kappa shape index (κ1) is 19.6. The van der Waals surface area contributed by atoms with Gasteiger partial charge in [-0.15, -0.1) is 12.4 Å². The molecule has 1 aromatic rings. The van der Waals surface area contributed by atoms with Crippen LogP contribution in [0.4, 0.5) is 8.78 Å². The number of nitrogens with one attached hydrogen (secondary N) is 1. The van der Waals surface area contributed by atoms with Gasteiger partial charge in [0.2, 0.25) is 0 Å². The monoisotopic (exact) mass is 354 g/mol. The molecule has 0 aromatic heterocycles. The third-order valence-electron chi connectivity index (χ3n) is 3.98. The summed E-state index contributed by atoms with van der Waals surface area (Å²) < 4.78 is 28.7. The molecule has 7 heteroatoms. The van der Waals surface area contributed by atoms with E-state index in [1.54, 1.807) is 0 Å². The molecular formula is C15H22Cl2F2N2O. The Morgan fingerprint density at radius 1 is 1.27 bits per heavy atom. The minimum atomic E-state index is -0.674. The van der Waals surface area contributed by atoms with Crippen molar-refractivity contribution in [1.82, 2.24) is 10.2 Å². The molecule has 0 saturated carbocycles. The summed E-state index contributed by atoms with van der Waals surface area (Å²) in [6, 6.07) is 1.72. The highest BCUT2D eigenvalue weighted by atomic mass is 35.5. The second-order valence-corrected chi connectivity index (χ2v) is 6.55. The summed E-state index contributed by atoms with van der Waals surface area (Å²) in [6.45, 7) is 6.33. The summed E-state index contributed by atoms with van der Waals surface area (Å²) in [6.07, 6.45) is 0. The fourth-order valence-electron chi connectivity index (χ4n) is 2.91. The average molecular weight is 355 g/mol. The fraction of sp³-hybridized carbons (Fsp3) is 0.600. The van der Waals surface area contributed by atoms with Crippen LogP contribution in [0.1, 0.15) is 25.5 Å². The molecule has 0 aliphatic carbocycles. The van der Waals surface area contributed by atoms with Crippen molar-refractivity contribution in [2.24, 2.45) is 5.41 Å². The van der Waals surface area contributed by atoms with Crippen molar-refractivity contribution in [2.75, 3.05) is 32.8 Å². The average Bonchev–Trinajstić information content (AvgIpc) is 2.43. The quantitative estimate of drug-likeness (QED) is 0.872. The smallest absolute Gasteiger partial charge is 0.132 e. The summed E-state index contributed by atoms with van der Waals surface area (Å²) in [7, 11) is 0. The molecule has 0 radical (unpaired) electrons. The lowest BCUT2D eigenvalue weighted by Gasteiger charge is -2.43. The molecule has 3 nitrogen and oxygen atoms in total. The van der Waals surface area contributed by atoms with E-state index >= 15 is 0 Å². The van der Waals surface area contributed by atoms with Crippen LogP contribution < -0.4 is 5.32 Å². The zero-order valence-electron chi connectivity index (χ0n) is 12.7. The van der Waals surface area contributed by atoms with Crippen LogP contribution in [0.3, 0.4) is 0 Å². The molecule has 1 aliphatic heterocycles. The topological polar surface area (TPSA) is 35.5 Å². The van der Waals surface area contributed by atoms with E-state index in [2.05, 4.69) is 5.32 Å². The number of rotatable bonds is 4. The van der Waals surface area contributed by atoms with Crippen LogP contribution in [0, 0.1) is 17.0 Å². The van der Waals surface area contributed by atoms with Gasteiger partial charge in [-0.1, -0.05) is 25.4 Å². The molecule has 1 aliphatic rings. The SMILES string of the molecule is CC(C)(CO)[C@@H](c1c(F)cc(Cl)cc1F)N1CCNCC1.Cl. The molecule has 2 rings (SSSR count). The van der Waals surface area contributed by atoms with Gasteiger partial charge in [-0.3, -0.25) is 4.90 Å². The van der Waals surface area contributed by atoms with E-state index in [1.807, 2.05) is 18.7 Å². The Morgan fingerprint density at radius 2 is 1.77 bits per heavy atom. The van der Waals surface area contributed by atoms with Crippen molar-refractivity contribution in [3.63, 3.8) is 0 Å². The van der Waals surface area contributed by atoms with Crippen molar-refractivity contribution in [2.45, 2.75) is 19.9 Å². The molecule has 22 heavy (non-hydrogen) atoms. The third-order valence-corrected chi connectivity index (χ3v) is 4.20. The maximum Gasteiger partial charge on any atom is 0.132 e. The highest BCUT2D eigenvalue weighted by molar-refractivity contribution is 6.30. The minimum Gasteiger partial charge on any atom is -0.396 e. The lowest BCUT2D eigenvalue weighted by atomic mass is 9.79. The van der Waals surface area contributed by atoms with E-state index in [0.717, 1.165) is 25.2 Å². The Hall–Kier alpha value is -0.460. The maximum atomic E-state index is 14.3. The van der Waals surface area contributed by atoms with Crippen LogP contribution in [-0.2, 0) is 0 Å². The molecule has 2 N–H and O–H groups in total. The molecule has 0 unspecified atom stereocenters. The van der Waals surface area contributed by atoms with Crippen LogP contribution in [-0.4, -0.2) is 42.8 Å². The largest absolute Gasteiger partial charge is 0.396 e. The first-order chi connectivity index (χ1) is 9.86. The van der Waals surface area contributed by atoms with Gasteiger partial charge in [0, 0.05) is 54.8 Å². The predicted molar refractivity (Wildman–Crippen MR) is 86.7 cm³/mol. The highest BCUT2D eigenvalue weighted by Gasteiger charge is 2.39. The third kappa shape index (κ3) is 4.09. The van der Waals surface area contributed by atoms with Gasteiger partial charge >= 0.3 is 0 Å². The molecule has 126 valence electrons. The molecule has 1 heterocycles. The van der Waals surface area contributed by atoms with Crippen LogP contribution in [0.2, 0.25) is 5.02 Å². The molecule has 1 fully saturated rings. The first-order valence-electron chi connectivity index (χ1n) is 7.07. The Labute approximate surface area is 141 Å². The number of nitrogens with zero attached hydrogens (tertiary/aromatic N) is 1. The minimum absolute atomic E-state index is 0. The molecule has 0 amide bonds. The van der Waals surface area contributed by atoms with Crippen molar-refractivity contribution in [3.05, 3.63) is 34.4 Å². The van der Waals surface area contributed by atoms with E-state index in [0.29, 0.717) is 13.1 Å². The zero-order chi connectivity index (χ0) is 15.6. The number of aliphatic hydroxyl groups is 1. The van der Waals surface area contributed by atoms with Crippen LogP contribution in [0.15, 0.2) is 12.1 Å². The summed E-state index contributed by atoms with van der Waals surface area (Å²) in [5, 5.41) is 12.9. The van der Waals surface area contributed by atoms with E-state index in [9.17, 15) is 13.9 Å². The molecule has 1 saturated heterocycles. The second-order valence-electron chi connectivity index (χ2n) is 6.12. The molecule has 0 bridgehead atoms. The lowest BCUT2D eigenvalue weighted by molar-refractivity contribution is 0.0266. The van der Waals surface area contributed by atoms with Crippen molar-refractivity contribution in [3.8, 4) is 0 Å². The van der Waals surface area contributed by atoms with Gasteiger partial charge in [-0.2, -0.15) is 0 Å². The Kier molecular flexibility index (Phi) is 7.02. The van der Waals surface area contributed by atoms with Crippen molar-refractivity contribution in [1.29, 1.82) is 0 Å². The lowest BCUT2D eigenvalue weighted by Crippen LogP contribution is -2.50. The van der Waals surface area contributed by atoms with Gasteiger partial charge in [-0.25, -0.2) is 8.78 Å². The van der Waals surface area contributed by atoms with E-state index in [-0.39, 0.29) is 29.6 Å². The number of benzene rings is 1. The number of hydrogen-bond acceptors (Lipinski definition) is 3. The number of aliphatic hydroxyl groups excluding tert-OH is 1. The highest BCUT2D eigenvalue weighted by Crippen LogP contribution is 2.41. The summed E-state index contributed by atoms with van der Waals surface area (Å²) in [5.41, 5.74) is -0.687. The van der Waals surface area contributed by atoms with Gasteiger partial charge in [-0.05, 0) is 12.1 Å². The molecule has 1 aromatic carbocycles. The molecule has 0 spiro atoms. The summed E-state index contributed by atoms with van der Waals surface area (Å²) in [4.78, 5) is 2.02. The zero-order valence-corrected chi connectivity index (χ0v) is 14.3. The number of hydrogen-bond donors (Lipinski definition) is 2. The van der Waals surface area contributed by atoms with Crippen molar-refractivity contribution >= 4 is 24.0 Å². The second kappa shape index (κ2) is 7.88. The van der Waals surface area contributed by atoms with E-state index < -0.39 is 23.1 Å². The van der Waals surface area contributed by atoms with Gasteiger partial charge in [0.15, 0.2) is 0 Å². The Morgan fingerprint density at radius 3 is 2.23 bits per heavy atom. The fourth-order valence-corrected chi connectivity index (χ4v) is 3.10. The van der Waals surface area contributed by atoms with Gasteiger partial charge in [0.1, 0.15) is 11.6 Å². The maximum absolute atomic E-state index is 14.3. The summed E-state index contributed by atoms with van der Waals surface area (Å²) in [5.74, 6) is -1.32. The first-order valence-corrected chi connectivity index (χ1v) is 7.44. The van der Waals surface area contributed by atoms with Gasteiger partial charge < -0.3 is 10.4 Å². The van der Waals surface area contributed by atoms with Crippen LogP contribution in [0.25, 0.3) is 0 Å². The van der Waals surface area contributed by atoms with Crippen molar-refractivity contribution < 1.29 is 13.9 Å². The molecular weight excluding hydrogens is 333 g/mol. The normalized spacial score (nSPS) is 17.9. The Bertz CT molecular complexity index is 485. The van der Waals surface area contributed by atoms with Gasteiger partial charge in [0.05, 0.1) is 0 Å². The van der Waals surface area contributed by atoms with Crippen LogP contribution >= 0.6 is 24.0 Å². The number of piperazine rings is 1. The molecule has 1 atom stereocenters. The standard InChI is InChI=1S/C15H21ClF2N2O.ClH/c1-15(2,9-21)14(20-5-3-19-4-6-20)13-11(17)7-10(16)8-12(13)18;/h7-8,14,19,21H,3-6,9H2,1-2H3;1H/t14-;/m1./s1. The van der Waals surface area contributed by atoms with E-state index in [1.165, 1.54) is 0 Å². The Balaban J connectivity index is 0.00000242. The predicted octanol–water partition coefficient (Wildman–Crippen LogP) is 3.00. The van der Waals surface area contributed by atoms with Gasteiger partial charge in [0.25, 0.3) is 0 Å².